The molecule has 3 heterocycles. The van der Waals surface area contributed by atoms with Crippen LogP contribution in [0.25, 0.3) is 0 Å². The van der Waals surface area contributed by atoms with Gasteiger partial charge in [0.25, 0.3) is 0 Å². The Balaban J connectivity index is 1.51. The highest BCUT2D eigenvalue weighted by molar-refractivity contribution is 5.68. The molecule has 7 nitrogen and oxygen atoms in total. The number of aromatic nitrogens is 2. The first-order valence-corrected chi connectivity index (χ1v) is 10.6. The van der Waals surface area contributed by atoms with Crippen LogP contribution in [0, 0.1) is 6.92 Å². The van der Waals surface area contributed by atoms with E-state index < -0.39 is 5.60 Å². The van der Waals surface area contributed by atoms with Gasteiger partial charge in [0.2, 0.25) is 0 Å². The quantitative estimate of drug-likeness (QED) is 0.760. The van der Waals surface area contributed by atoms with E-state index in [9.17, 15) is 4.79 Å². The van der Waals surface area contributed by atoms with Gasteiger partial charge in [-0.25, -0.2) is 9.78 Å². The van der Waals surface area contributed by atoms with Crippen molar-refractivity contribution in [3.63, 3.8) is 0 Å². The number of carbonyl (C=O) groups is 1. The Labute approximate surface area is 168 Å². The van der Waals surface area contributed by atoms with Gasteiger partial charge in [-0.15, -0.1) is 0 Å². The maximum Gasteiger partial charge on any atom is 0.410 e. The fourth-order valence-corrected chi connectivity index (χ4v) is 3.84. The van der Waals surface area contributed by atoms with Crippen LogP contribution >= 0.6 is 0 Å². The summed E-state index contributed by atoms with van der Waals surface area (Å²) in [6.45, 7) is 11.4. The van der Waals surface area contributed by atoms with Gasteiger partial charge in [0.1, 0.15) is 11.4 Å². The summed E-state index contributed by atoms with van der Waals surface area (Å²) in [5.74, 6) is 1.47. The molecule has 158 valence electrons. The minimum atomic E-state index is -0.455. The fraction of sp³-hybridized carbons (Fsp3) is 0.810. The molecule has 0 saturated carbocycles. The summed E-state index contributed by atoms with van der Waals surface area (Å²) < 4.78 is 19.2. The number of piperidine rings is 1. The van der Waals surface area contributed by atoms with Gasteiger partial charge in [-0.3, -0.25) is 0 Å². The molecule has 2 aliphatic rings. The zero-order valence-electron chi connectivity index (χ0n) is 17.8. The van der Waals surface area contributed by atoms with Crippen LogP contribution in [0.4, 0.5) is 4.79 Å². The first-order valence-electron chi connectivity index (χ1n) is 10.6. The third kappa shape index (κ3) is 5.95. The van der Waals surface area contributed by atoms with Crippen LogP contribution in [-0.2, 0) is 20.8 Å². The molecular formula is C21H35N3O4. The second-order valence-corrected chi connectivity index (χ2v) is 8.84. The Morgan fingerprint density at radius 1 is 1.25 bits per heavy atom. The zero-order chi connectivity index (χ0) is 20.1. The van der Waals surface area contributed by atoms with E-state index >= 15 is 0 Å². The molecule has 3 rings (SSSR count). The molecule has 1 amide bonds. The second-order valence-electron chi connectivity index (χ2n) is 8.84. The number of nitrogens with zero attached hydrogens (tertiary/aromatic N) is 3. The number of ether oxygens (including phenoxy) is 3. The number of carbonyl (C=O) groups excluding carboxylic acids is 1. The first kappa shape index (κ1) is 21.1. The number of rotatable bonds is 5. The minimum Gasteiger partial charge on any atom is -0.444 e. The van der Waals surface area contributed by atoms with Gasteiger partial charge in [-0.1, -0.05) is 0 Å². The molecule has 2 saturated heterocycles. The molecule has 1 aromatic rings. The van der Waals surface area contributed by atoms with E-state index in [4.69, 9.17) is 19.2 Å². The Kier molecular flexibility index (Phi) is 6.99. The summed E-state index contributed by atoms with van der Waals surface area (Å²) in [6, 6.07) is 0. The molecule has 0 aromatic carbocycles. The van der Waals surface area contributed by atoms with Gasteiger partial charge < -0.3 is 23.7 Å². The third-order valence-electron chi connectivity index (χ3n) is 5.21. The lowest BCUT2D eigenvalue weighted by atomic mass is 9.96. The number of imidazole rings is 1. The Hall–Kier alpha value is -1.60. The van der Waals surface area contributed by atoms with Crippen molar-refractivity contribution >= 4 is 6.09 Å². The molecule has 0 N–H and O–H groups in total. The lowest BCUT2D eigenvalue weighted by Gasteiger charge is -2.33. The van der Waals surface area contributed by atoms with Gasteiger partial charge in [0.05, 0.1) is 12.3 Å². The van der Waals surface area contributed by atoms with Crippen LogP contribution in [0.15, 0.2) is 6.20 Å². The number of hydrogen-bond donors (Lipinski definition) is 0. The van der Waals surface area contributed by atoms with Gasteiger partial charge >= 0.3 is 6.09 Å². The Morgan fingerprint density at radius 2 is 2.00 bits per heavy atom. The van der Waals surface area contributed by atoms with Crippen LogP contribution in [0.3, 0.4) is 0 Å². The Bertz CT molecular complexity index is 639. The topological polar surface area (TPSA) is 65.8 Å². The van der Waals surface area contributed by atoms with Crippen LogP contribution in [-0.4, -0.2) is 58.7 Å². The van der Waals surface area contributed by atoms with E-state index in [1.54, 1.807) is 0 Å². The van der Waals surface area contributed by atoms with Crippen molar-refractivity contribution in [2.45, 2.75) is 84.2 Å². The van der Waals surface area contributed by atoms with Gasteiger partial charge in [-0.2, -0.15) is 0 Å². The highest BCUT2D eigenvalue weighted by Crippen LogP contribution is 2.28. The van der Waals surface area contributed by atoms with Crippen LogP contribution in [0.1, 0.15) is 70.3 Å². The standard InChI is InChI=1S/C21H35N3O4/c1-16-15-24(12-14-27-18-7-5-6-13-26-18)19(22-16)17-8-10-23(11-9-17)20(25)28-21(2,3)4/h15,17-18H,5-14H2,1-4H3. The van der Waals surface area contributed by atoms with Crippen molar-refractivity contribution in [2.24, 2.45) is 0 Å². The van der Waals surface area contributed by atoms with Crippen LogP contribution in [0.2, 0.25) is 0 Å². The predicted octanol–water partition coefficient (Wildman–Crippen LogP) is 3.85. The highest BCUT2D eigenvalue weighted by atomic mass is 16.7. The van der Waals surface area contributed by atoms with E-state index in [0.717, 1.165) is 50.4 Å². The fourth-order valence-electron chi connectivity index (χ4n) is 3.84. The van der Waals surface area contributed by atoms with Crippen LogP contribution in [0.5, 0.6) is 0 Å². The number of hydrogen-bond acceptors (Lipinski definition) is 5. The predicted molar refractivity (Wildman–Crippen MR) is 106 cm³/mol. The Morgan fingerprint density at radius 3 is 2.64 bits per heavy atom. The van der Waals surface area contributed by atoms with E-state index in [0.29, 0.717) is 25.6 Å². The average Bonchev–Trinajstić information content (AvgIpc) is 3.02. The van der Waals surface area contributed by atoms with Gasteiger partial charge in [-0.05, 0) is 59.8 Å². The van der Waals surface area contributed by atoms with Gasteiger partial charge in [0, 0.05) is 38.4 Å². The number of likely N-dealkylation sites (tertiary alicyclic amines) is 1. The van der Waals surface area contributed by atoms with Crippen LogP contribution < -0.4 is 0 Å². The molecule has 7 heteroatoms. The maximum atomic E-state index is 12.3. The molecule has 2 fully saturated rings. The molecule has 1 aromatic heterocycles. The molecule has 0 bridgehead atoms. The summed E-state index contributed by atoms with van der Waals surface area (Å²) >= 11 is 0. The molecule has 1 unspecified atom stereocenters. The summed E-state index contributed by atoms with van der Waals surface area (Å²) in [7, 11) is 0. The smallest absolute Gasteiger partial charge is 0.410 e. The third-order valence-corrected chi connectivity index (χ3v) is 5.21. The average molecular weight is 394 g/mol. The zero-order valence-corrected chi connectivity index (χ0v) is 17.8. The van der Waals surface area contributed by atoms with E-state index in [1.807, 2.05) is 32.6 Å². The van der Waals surface area contributed by atoms with Crippen molar-refractivity contribution < 1.29 is 19.0 Å². The first-order chi connectivity index (χ1) is 13.3. The molecule has 0 aliphatic carbocycles. The summed E-state index contributed by atoms with van der Waals surface area (Å²) in [4.78, 5) is 18.9. The number of amides is 1. The van der Waals surface area contributed by atoms with Crippen molar-refractivity contribution in [2.75, 3.05) is 26.3 Å². The summed E-state index contributed by atoms with van der Waals surface area (Å²) in [5, 5.41) is 0. The molecule has 0 spiro atoms. The largest absolute Gasteiger partial charge is 0.444 e. The van der Waals surface area contributed by atoms with Crippen molar-refractivity contribution in [1.29, 1.82) is 0 Å². The molecule has 0 radical (unpaired) electrons. The normalized spacial score (nSPS) is 21.7. The lowest BCUT2D eigenvalue weighted by Crippen LogP contribution is -2.41. The summed E-state index contributed by atoms with van der Waals surface area (Å²) in [6.07, 6.45) is 6.93. The molecule has 1 atom stereocenters. The van der Waals surface area contributed by atoms with Gasteiger partial charge in [0.15, 0.2) is 6.29 Å². The molecule has 28 heavy (non-hydrogen) atoms. The summed E-state index contributed by atoms with van der Waals surface area (Å²) in [5.41, 5.74) is 0.571. The van der Waals surface area contributed by atoms with E-state index in [1.165, 1.54) is 6.42 Å². The van der Waals surface area contributed by atoms with E-state index in [2.05, 4.69) is 10.8 Å². The monoisotopic (exact) mass is 393 g/mol. The lowest BCUT2D eigenvalue weighted by molar-refractivity contribution is -0.163. The second kappa shape index (κ2) is 9.27. The SMILES string of the molecule is Cc1cn(CCOC2CCCCO2)c(C2CCN(C(=O)OC(C)(C)C)CC2)n1. The minimum absolute atomic E-state index is 0.0566. The molecule has 2 aliphatic heterocycles. The van der Waals surface area contributed by atoms with Crippen molar-refractivity contribution in [3.05, 3.63) is 17.7 Å². The molecular weight excluding hydrogens is 358 g/mol. The van der Waals surface area contributed by atoms with Crippen molar-refractivity contribution in [1.82, 2.24) is 14.5 Å². The van der Waals surface area contributed by atoms with Crippen molar-refractivity contribution in [3.8, 4) is 0 Å². The maximum absolute atomic E-state index is 12.3. The van der Waals surface area contributed by atoms with E-state index in [-0.39, 0.29) is 12.4 Å². The highest BCUT2D eigenvalue weighted by Gasteiger charge is 2.29. The number of aryl methyl sites for hydroxylation is 1.